The van der Waals surface area contributed by atoms with Crippen LogP contribution in [0, 0.1) is 13.8 Å². The van der Waals surface area contributed by atoms with Crippen LogP contribution in [0.2, 0.25) is 0 Å². The van der Waals surface area contributed by atoms with Gasteiger partial charge >= 0.3 is 5.97 Å². The molecule has 8 heteroatoms. The van der Waals surface area contributed by atoms with Crippen LogP contribution in [0.15, 0.2) is 36.4 Å². The summed E-state index contributed by atoms with van der Waals surface area (Å²) in [5.74, 6) is -1.10. The Hall–Kier alpha value is -2.61. The number of aromatic nitrogens is 1. The number of carbonyl (C=O) groups is 2. The average Bonchev–Trinajstić information content (AvgIpc) is 3.15. The van der Waals surface area contributed by atoms with Crippen LogP contribution in [-0.4, -0.2) is 48.5 Å². The molecular weight excluding hydrogens is 380 g/mol. The zero-order chi connectivity index (χ0) is 20.5. The first-order chi connectivity index (χ1) is 13.2. The highest BCUT2D eigenvalue weighted by atomic mass is 32.2. The van der Waals surface area contributed by atoms with Crippen molar-refractivity contribution < 1.29 is 22.7 Å². The minimum absolute atomic E-state index is 0.0683. The third-order valence-electron chi connectivity index (χ3n) is 4.86. The van der Waals surface area contributed by atoms with Gasteiger partial charge in [-0.25, -0.2) is 13.2 Å². The number of hydrogen-bond donors (Lipinski definition) is 1. The zero-order valence-electron chi connectivity index (χ0n) is 16.1. The van der Waals surface area contributed by atoms with Crippen LogP contribution < -0.4 is 5.32 Å². The normalized spacial score (nSPS) is 19.2. The van der Waals surface area contributed by atoms with Gasteiger partial charge in [0, 0.05) is 23.1 Å². The maximum absolute atomic E-state index is 12.3. The lowest BCUT2D eigenvalue weighted by atomic mass is 10.2. The number of ether oxygens (including phenoxy) is 1. The van der Waals surface area contributed by atoms with Gasteiger partial charge in [0.15, 0.2) is 15.9 Å². The Morgan fingerprint density at radius 2 is 1.71 bits per heavy atom. The van der Waals surface area contributed by atoms with Crippen molar-refractivity contribution in [1.29, 1.82) is 0 Å². The molecule has 1 aromatic heterocycles. The molecule has 1 fully saturated rings. The predicted molar refractivity (Wildman–Crippen MR) is 105 cm³/mol. The second-order valence-corrected chi connectivity index (χ2v) is 9.38. The Kier molecular flexibility index (Phi) is 5.60. The molecular formula is C20H24N2O5S. The lowest BCUT2D eigenvalue weighted by Crippen LogP contribution is -2.42. The third kappa shape index (κ3) is 4.44. The molecule has 0 spiro atoms. The maximum atomic E-state index is 12.3. The van der Waals surface area contributed by atoms with E-state index in [1.807, 2.05) is 38.1 Å². The lowest BCUT2D eigenvalue weighted by molar-refractivity contribution is -0.129. The van der Waals surface area contributed by atoms with Crippen LogP contribution in [0.3, 0.4) is 0 Å². The molecule has 0 radical (unpaired) electrons. The van der Waals surface area contributed by atoms with Crippen molar-refractivity contribution in [3.8, 4) is 5.69 Å². The molecule has 2 aromatic rings. The fraction of sp³-hybridized carbons (Fsp3) is 0.400. The van der Waals surface area contributed by atoms with Gasteiger partial charge in [0.2, 0.25) is 0 Å². The molecule has 1 aliphatic rings. The molecule has 7 nitrogen and oxygen atoms in total. The van der Waals surface area contributed by atoms with Crippen LogP contribution in [-0.2, 0) is 19.4 Å². The van der Waals surface area contributed by atoms with Crippen LogP contribution in [0.4, 0.5) is 0 Å². The van der Waals surface area contributed by atoms with Crippen LogP contribution in [0.1, 0.15) is 35.1 Å². The summed E-state index contributed by atoms with van der Waals surface area (Å²) in [7, 11) is -3.09. The highest BCUT2D eigenvalue weighted by Crippen LogP contribution is 2.17. The van der Waals surface area contributed by atoms with Gasteiger partial charge in [-0.1, -0.05) is 0 Å². The fourth-order valence-electron chi connectivity index (χ4n) is 3.33. The van der Waals surface area contributed by atoms with Crippen molar-refractivity contribution in [2.24, 2.45) is 0 Å². The summed E-state index contributed by atoms with van der Waals surface area (Å²) in [6.45, 7) is 5.48. The Morgan fingerprint density at radius 3 is 2.25 bits per heavy atom. The van der Waals surface area contributed by atoms with E-state index in [4.69, 9.17) is 4.74 Å². The van der Waals surface area contributed by atoms with Crippen molar-refractivity contribution in [3.63, 3.8) is 0 Å². The first-order valence-corrected chi connectivity index (χ1v) is 11.0. The van der Waals surface area contributed by atoms with Crippen molar-refractivity contribution in [2.45, 2.75) is 39.3 Å². The van der Waals surface area contributed by atoms with Gasteiger partial charge in [-0.3, -0.25) is 4.79 Å². The molecule has 0 unspecified atom stereocenters. The molecule has 2 heterocycles. The van der Waals surface area contributed by atoms with Crippen molar-refractivity contribution >= 4 is 21.7 Å². The van der Waals surface area contributed by atoms with E-state index in [2.05, 4.69) is 9.88 Å². The number of nitrogens with zero attached hydrogens (tertiary/aromatic N) is 1. The number of benzene rings is 1. The lowest BCUT2D eigenvalue weighted by Gasteiger charge is -2.16. The molecule has 150 valence electrons. The summed E-state index contributed by atoms with van der Waals surface area (Å²) in [5, 5.41) is 2.63. The predicted octanol–water partition coefficient (Wildman–Crippen LogP) is 1.94. The van der Waals surface area contributed by atoms with E-state index >= 15 is 0 Å². The maximum Gasteiger partial charge on any atom is 0.338 e. The van der Waals surface area contributed by atoms with Crippen molar-refractivity contribution in [2.75, 3.05) is 11.5 Å². The van der Waals surface area contributed by atoms with Gasteiger partial charge in [-0.15, -0.1) is 0 Å². The number of rotatable bonds is 5. The summed E-state index contributed by atoms with van der Waals surface area (Å²) in [5.41, 5.74) is 3.46. The molecule has 1 amide bonds. The molecule has 1 aromatic carbocycles. The highest BCUT2D eigenvalue weighted by molar-refractivity contribution is 7.91. The molecule has 1 aliphatic heterocycles. The standard InChI is InChI=1S/C20H24N2O5S/c1-13-4-5-14(2)22(13)18-8-6-16(7-9-18)20(24)27-15(3)19(23)21-17-10-11-28(25,26)12-17/h4-9,15,17H,10-12H2,1-3H3,(H,21,23)/t15-,17-/m1/s1. The van der Waals surface area contributed by atoms with E-state index in [1.165, 1.54) is 6.92 Å². The van der Waals surface area contributed by atoms with E-state index in [-0.39, 0.29) is 11.5 Å². The van der Waals surface area contributed by atoms with Gasteiger partial charge < -0.3 is 14.6 Å². The molecule has 0 bridgehead atoms. The molecule has 2 atom stereocenters. The second kappa shape index (κ2) is 7.79. The Labute approximate surface area is 164 Å². The summed E-state index contributed by atoms with van der Waals surface area (Å²) in [6.07, 6.45) is -0.626. The number of carbonyl (C=O) groups excluding carboxylic acids is 2. The molecule has 28 heavy (non-hydrogen) atoms. The monoisotopic (exact) mass is 404 g/mol. The third-order valence-corrected chi connectivity index (χ3v) is 6.63. The minimum atomic E-state index is -3.09. The molecule has 1 saturated heterocycles. The average molecular weight is 404 g/mol. The highest BCUT2D eigenvalue weighted by Gasteiger charge is 2.30. The number of esters is 1. The smallest absolute Gasteiger partial charge is 0.338 e. The quantitative estimate of drug-likeness (QED) is 0.769. The zero-order valence-corrected chi connectivity index (χ0v) is 17.0. The van der Waals surface area contributed by atoms with Crippen LogP contribution in [0.25, 0.3) is 5.69 Å². The summed E-state index contributed by atoms with van der Waals surface area (Å²) >= 11 is 0. The largest absolute Gasteiger partial charge is 0.449 e. The van der Waals surface area contributed by atoms with E-state index in [9.17, 15) is 18.0 Å². The van der Waals surface area contributed by atoms with Crippen LogP contribution >= 0.6 is 0 Å². The first-order valence-electron chi connectivity index (χ1n) is 9.13. The molecule has 3 rings (SSSR count). The Bertz CT molecular complexity index is 973. The summed E-state index contributed by atoms with van der Waals surface area (Å²) < 4.78 is 30.2. The minimum Gasteiger partial charge on any atom is -0.449 e. The SMILES string of the molecule is Cc1ccc(C)n1-c1ccc(C(=O)O[C@H](C)C(=O)N[C@@H]2CCS(=O)(=O)C2)cc1. The first kappa shape index (κ1) is 20.1. The number of nitrogens with one attached hydrogen (secondary N) is 1. The van der Waals surface area contributed by atoms with E-state index in [0.29, 0.717) is 12.0 Å². The summed E-state index contributed by atoms with van der Waals surface area (Å²) in [6, 6.07) is 10.6. The number of aryl methyl sites for hydroxylation is 2. The summed E-state index contributed by atoms with van der Waals surface area (Å²) in [4.78, 5) is 24.5. The fourth-order valence-corrected chi connectivity index (χ4v) is 5.01. The second-order valence-electron chi connectivity index (χ2n) is 7.15. The van der Waals surface area contributed by atoms with Gasteiger partial charge in [0.05, 0.1) is 17.1 Å². The van der Waals surface area contributed by atoms with Gasteiger partial charge in [-0.2, -0.15) is 0 Å². The Balaban J connectivity index is 1.60. The Morgan fingerprint density at radius 1 is 1.11 bits per heavy atom. The van der Waals surface area contributed by atoms with Crippen molar-refractivity contribution in [1.82, 2.24) is 9.88 Å². The molecule has 0 aliphatic carbocycles. The van der Waals surface area contributed by atoms with E-state index in [0.717, 1.165) is 17.1 Å². The number of hydrogen-bond acceptors (Lipinski definition) is 5. The van der Waals surface area contributed by atoms with Crippen LogP contribution in [0.5, 0.6) is 0 Å². The van der Waals surface area contributed by atoms with Gasteiger partial charge in [0.1, 0.15) is 0 Å². The molecule has 0 saturated carbocycles. The van der Waals surface area contributed by atoms with Gasteiger partial charge in [-0.05, 0) is 63.6 Å². The van der Waals surface area contributed by atoms with Gasteiger partial charge in [0.25, 0.3) is 5.91 Å². The molecule has 1 N–H and O–H groups in total. The topological polar surface area (TPSA) is 94.5 Å². The van der Waals surface area contributed by atoms with E-state index in [1.54, 1.807) is 12.1 Å². The van der Waals surface area contributed by atoms with E-state index < -0.39 is 33.9 Å². The number of amides is 1. The number of sulfone groups is 1. The van der Waals surface area contributed by atoms with Crippen molar-refractivity contribution in [3.05, 3.63) is 53.3 Å².